The van der Waals surface area contributed by atoms with Gasteiger partial charge in [-0.2, -0.15) is 0 Å². The summed E-state index contributed by atoms with van der Waals surface area (Å²) in [5.74, 6) is 0.393. The van der Waals surface area contributed by atoms with Gasteiger partial charge in [0.25, 0.3) is 0 Å². The fourth-order valence-corrected chi connectivity index (χ4v) is 3.29. The first-order valence-electron chi connectivity index (χ1n) is 6.12. The van der Waals surface area contributed by atoms with Crippen LogP contribution in [0.2, 0.25) is 0 Å². The monoisotopic (exact) mass is 222 g/mol. The van der Waals surface area contributed by atoms with Gasteiger partial charge >= 0.3 is 0 Å². The zero-order valence-electron chi connectivity index (χ0n) is 9.76. The van der Waals surface area contributed by atoms with Gasteiger partial charge < -0.3 is 4.74 Å². The number of ether oxygens (including phenoxy) is 1. The molecule has 1 heterocycles. The molecule has 1 fully saturated rings. The maximum Gasteiger partial charge on any atom is 0.113 e. The van der Waals surface area contributed by atoms with Crippen molar-refractivity contribution in [2.24, 2.45) is 0 Å². The topological polar surface area (TPSA) is 12.5 Å². The molecule has 1 saturated heterocycles. The Kier molecular flexibility index (Phi) is 1.66. The number of hydrogen-bond acceptors (Lipinski definition) is 1. The Labute approximate surface area is 101 Å². The van der Waals surface area contributed by atoms with E-state index in [0.29, 0.717) is 12.0 Å². The average molecular weight is 222 g/mol. The highest BCUT2D eigenvalue weighted by Gasteiger charge is 2.64. The van der Waals surface area contributed by atoms with E-state index in [2.05, 4.69) is 61.5 Å². The molecule has 0 radical (unpaired) electrons. The molecule has 0 saturated carbocycles. The highest BCUT2D eigenvalue weighted by Crippen LogP contribution is 2.65. The van der Waals surface area contributed by atoms with Crippen LogP contribution in [-0.2, 0) is 4.74 Å². The van der Waals surface area contributed by atoms with Gasteiger partial charge in [0, 0.05) is 5.92 Å². The summed E-state index contributed by atoms with van der Waals surface area (Å²) >= 11 is 0. The average Bonchev–Trinajstić information content (AvgIpc) is 2.98. The SMILES string of the molecule is C[C@]12O[C@H]1c1ccccc1C2c1ccccc1. The lowest BCUT2D eigenvalue weighted by atomic mass is 9.86. The Morgan fingerprint density at radius 2 is 1.53 bits per heavy atom. The third-order valence-electron chi connectivity index (χ3n) is 4.13. The fraction of sp³-hybridized carbons (Fsp3) is 0.250. The van der Waals surface area contributed by atoms with E-state index in [1.54, 1.807) is 0 Å². The van der Waals surface area contributed by atoms with E-state index in [1.807, 2.05) is 0 Å². The lowest BCUT2D eigenvalue weighted by Gasteiger charge is -2.19. The maximum absolute atomic E-state index is 5.93. The molecule has 2 aromatic carbocycles. The first kappa shape index (κ1) is 9.43. The first-order valence-corrected chi connectivity index (χ1v) is 6.12. The van der Waals surface area contributed by atoms with E-state index in [4.69, 9.17) is 4.74 Å². The van der Waals surface area contributed by atoms with Crippen molar-refractivity contribution < 1.29 is 4.74 Å². The number of epoxide rings is 1. The highest BCUT2D eigenvalue weighted by molar-refractivity contribution is 5.52. The van der Waals surface area contributed by atoms with Crippen molar-refractivity contribution in [2.45, 2.75) is 24.5 Å². The van der Waals surface area contributed by atoms with Crippen LogP contribution in [0.4, 0.5) is 0 Å². The normalized spacial score (nSPS) is 33.0. The Morgan fingerprint density at radius 1 is 0.882 bits per heavy atom. The van der Waals surface area contributed by atoms with Crippen LogP contribution in [0.1, 0.15) is 35.6 Å². The van der Waals surface area contributed by atoms with Crippen molar-refractivity contribution in [3.63, 3.8) is 0 Å². The predicted octanol–water partition coefficient (Wildman–Crippen LogP) is 3.66. The molecule has 0 spiro atoms. The minimum atomic E-state index is -0.00889. The molecule has 1 nitrogen and oxygen atoms in total. The third-order valence-corrected chi connectivity index (χ3v) is 4.13. The predicted molar refractivity (Wildman–Crippen MR) is 67.0 cm³/mol. The molecule has 2 aliphatic rings. The van der Waals surface area contributed by atoms with Gasteiger partial charge in [-0.3, -0.25) is 0 Å². The minimum absolute atomic E-state index is 0.00889. The van der Waals surface area contributed by atoms with E-state index in [0.717, 1.165) is 0 Å². The molecule has 17 heavy (non-hydrogen) atoms. The zero-order chi connectivity index (χ0) is 11.5. The zero-order valence-corrected chi connectivity index (χ0v) is 9.76. The Morgan fingerprint density at radius 3 is 2.29 bits per heavy atom. The van der Waals surface area contributed by atoms with E-state index in [9.17, 15) is 0 Å². The van der Waals surface area contributed by atoms with Crippen LogP contribution >= 0.6 is 0 Å². The minimum Gasteiger partial charge on any atom is -0.360 e. The van der Waals surface area contributed by atoms with Gasteiger partial charge in [-0.1, -0.05) is 54.6 Å². The molecule has 1 unspecified atom stereocenters. The van der Waals surface area contributed by atoms with Gasteiger partial charge in [0.1, 0.15) is 11.7 Å². The molecule has 1 aliphatic heterocycles. The van der Waals surface area contributed by atoms with E-state index >= 15 is 0 Å². The van der Waals surface area contributed by atoms with E-state index in [-0.39, 0.29) is 5.60 Å². The summed E-state index contributed by atoms with van der Waals surface area (Å²) in [7, 11) is 0. The van der Waals surface area contributed by atoms with E-state index in [1.165, 1.54) is 16.7 Å². The molecular formula is C16H14O. The summed E-state index contributed by atoms with van der Waals surface area (Å²) in [6.07, 6.45) is 0.309. The molecule has 2 aromatic rings. The standard InChI is InChI=1S/C16H14O/c1-16-14(11-7-3-2-4-8-11)12-9-5-6-10-13(12)15(16)17-16/h2-10,14-15H,1H3/t14?,15-,16+/m0/s1. The Hall–Kier alpha value is -1.60. The Bertz CT molecular complexity index is 575. The van der Waals surface area contributed by atoms with Gasteiger partial charge in [0.15, 0.2) is 0 Å². The highest BCUT2D eigenvalue weighted by atomic mass is 16.6. The number of rotatable bonds is 1. The molecule has 1 heteroatoms. The van der Waals surface area contributed by atoms with Crippen molar-refractivity contribution >= 4 is 0 Å². The number of fused-ring (bicyclic) bond motifs is 3. The van der Waals surface area contributed by atoms with Crippen molar-refractivity contribution in [1.29, 1.82) is 0 Å². The molecule has 0 aromatic heterocycles. The van der Waals surface area contributed by atoms with Gasteiger partial charge in [-0.15, -0.1) is 0 Å². The van der Waals surface area contributed by atoms with Crippen molar-refractivity contribution in [3.05, 3.63) is 71.3 Å². The third kappa shape index (κ3) is 1.12. The second kappa shape index (κ2) is 2.99. The summed E-state index contributed by atoms with van der Waals surface area (Å²) in [6, 6.07) is 19.4. The molecule has 0 N–H and O–H groups in total. The van der Waals surface area contributed by atoms with Gasteiger partial charge in [-0.25, -0.2) is 0 Å². The first-order chi connectivity index (χ1) is 8.31. The van der Waals surface area contributed by atoms with Crippen LogP contribution in [0, 0.1) is 0 Å². The van der Waals surface area contributed by atoms with Crippen LogP contribution in [0.25, 0.3) is 0 Å². The quantitative estimate of drug-likeness (QED) is 0.671. The molecule has 0 amide bonds. The lowest BCUT2D eigenvalue weighted by molar-refractivity contribution is 0.279. The molecule has 1 aliphatic carbocycles. The molecule has 4 rings (SSSR count). The van der Waals surface area contributed by atoms with Gasteiger partial charge in [0.2, 0.25) is 0 Å². The van der Waals surface area contributed by atoms with Crippen LogP contribution < -0.4 is 0 Å². The maximum atomic E-state index is 5.93. The van der Waals surface area contributed by atoms with Gasteiger partial charge in [-0.05, 0) is 23.6 Å². The van der Waals surface area contributed by atoms with E-state index < -0.39 is 0 Å². The van der Waals surface area contributed by atoms with Crippen molar-refractivity contribution in [2.75, 3.05) is 0 Å². The molecular weight excluding hydrogens is 208 g/mol. The molecule has 84 valence electrons. The van der Waals surface area contributed by atoms with Crippen LogP contribution in [0.15, 0.2) is 54.6 Å². The molecule has 3 atom stereocenters. The second-order valence-corrected chi connectivity index (χ2v) is 5.15. The van der Waals surface area contributed by atoms with Crippen LogP contribution in [0.5, 0.6) is 0 Å². The molecule has 0 bridgehead atoms. The second-order valence-electron chi connectivity index (χ2n) is 5.15. The van der Waals surface area contributed by atoms with Crippen LogP contribution in [0.3, 0.4) is 0 Å². The summed E-state index contributed by atoms with van der Waals surface area (Å²) in [6.45, 7) is 2.23. The number of hydrogen-bond donors (Lipinski definition) is 0. The van der Waals surface area contributed by atoms with Gasteiger partial charge in [0.05, 0.1) is 0 Å². The number of benzene rings is 2. The lowest BCUT2D eigenvalue weighted by Crippen LogP contribution is -2.15. The van der Waals surface area contributed by atoms with Crippen molar-refractivity contribution in [3.8, 4) is 0 Å². The van der Waals surface area contributed by atoms with Crippen LogP contribution in [-0.4, -0.2) is 5.60 Å². The summed E-state index contributed by atoms with van der Waals surface area (Å²) in [5, 5.41) is 0. The smallest absolute Gasteiger partial charge is 0.113 e. The van der Waals surface area contributed by atoms with Crippen molar-refractivity contribution in [1.82, 2.24) is 0 Å². The fourth-order valence-electron chi connectivity index (χ4n) is 3.29. The Balaban J connectivity index is 1.92. The summed E-state index contributed by atoms with van der Waals surface area (Å²) < 4.78 is 5.93. The summed E-state index contributed by atoms with van der Waals surface area (Å²) in [5.41, 5.74) is 4.18. The largest absolute Gasteiger partial charge is 0.360 e. The summed E-state index contributed by atoms with van der Waals surface area (Å²) in [4.78, 5) is 0.